The van der Waals surface area contributed by atoms with E-state index in [2.05, 4.69) is 15.3 Å². The number of aromatic nitrogens is 2. The van der Waals surface area contributed by atoms with E-state index >= 15 is 0 Å². The van der Waals surface area contributed by atoms with Crippen LogP contribution in [0, 0.1) is 5.82 Å². The second-order valence-corrected chi connectivity index (χ2v) is 8.75. The van der Waals surface area contributed by atoms with Crippen molar-refractivity contribution in [3.05, 3.63) is 71.9 Å². The Morgan fingerprint density at radius 3 is 2.62 bits per heavy atom. The van der Waals surface area contributed by atoms with Gasteiger partial charge >= 0.3 is 0 Å². The highest BCUT2D eigenvalue weighted by molar-refractivity contribution is 7.89. The molecule has 0 spiro atoms. The first-order valence-electron chi connectivity index (χ1n) is 8.60. The molecule has 0 saturated heterocycles. The summed E-state index contributed by atoms with van der Waals surface area (Å²) in [4.78, 5) is 19.8. The third-order valence-electron chi connectivity index (χ3n) is 4.15. The molecule has 0 radical (unpaired) electrons. The number of fused-ring (bicyclic) bond motifs is 1. The molecule has 0 unspecified atom stereocenters. The molecule has 4 aromatic rings. The summed E-state index contributed by atoms with van der Waals surface area (Å²) in [6, 6.07) is 14.1. The topological polar surface area (TPSA) is 105 Å². The van der Waals surface area contributed by atoms with Crippen LogP contribution in [0.3, 0.4) is 0 Å². The predicted octanol–water partition coefficient (Wildman–Crippen LogP) is 3.76. The fraction of sp³-hybridized carbons (Fsp3) is 0.100. The van der Waals surface area contributed by atoms with Gasteiger partial charge in [-0.2, -0.15) is 0 Å². The number of halogens is 1. The smallest absolute Gasteiger partial charge is 0.291 e. The van der Waals surface area contributed by atoms with Crippen molar-refractivity contribution in [2.75, 3.05) is 11.6 Å². The van der Waals surface area contributed by atoms with Crippen LogP contribution in [0.2, 0.25) is 0 Å². The molecule has 0 fully saturated rings. The van der Waals surface area contributed by atoms with Crippen LogP contribution in [-0.2, 0) is 15.6 Å². The lowest BCUT2D eigenvalue weighted by Gasteiger charge is -2.04. The Kier molecular flexibility index (Phi) is 4.67. The molecule has 1 amide bonds. The summed E-state index contributed by atoms with van der Waals surface area (Å²) < 4.78 is 41.2. The number of sulfone groups is 1. The van der Waals surface area contributed by atoms with E-state index in [9.17, 15) is 17.6 Å². The van der Waals surface area contributed by atoms with Crippen LogP contribution in [0.1, 0.15) is 16.3 Å². The highest BCUT2D eigenvalue weighted by Crippen LogP contribution is 2.23. The minimum atomic E-state index is -3.25. The fourth-order valence-electron chi connectivity index (χ4n) is 2.86. The summed E-state index contributed by atoms with van der Waals surface area (Å²) in [5.74, 6) is -0.294. The molecule has 0 saturated carbocycles. The minimum Gasteiger partial charge on any atom is -0.455 e. The van der Waals surface area contributed by atoms with Gasteiger partial charge in [-0.1, -0.05) is 0 Å². The van der Waals surface area contributed by atoms with E-state index in [1.165, 1.54) is 24.3 Å². The van der Waals surface area contributed by atoms with Crippen LogP contribution in [0.5, 0.6) is 0 Å². The van der Waals surface area contributed by atoms with Crippen LogP contribution < -0.4 is 5.32 Å². The molecule has 2 heterocycles. The second-order valence-electron chi connectivity index (χ2n) is 6.61. The zero-order chi connectivity index (χ0) is 20.6. The van der Waals surface area contributed by atoms with Gasteiger partial charge in [-0.05, 0) is 54.6 Å². The molecular weight excluding hydrogens is 397 g/mol. The molecule has 0 aliphatic rings. The Morgan fingerprint density at radius 2 is 1.90 bits per heavy atom. The number of carbonyl (C=O) groups is 1. The van der Waals surface area contributed by atoms with E-state index in [4.69, 9.17) is 4.42 Å². The van der Waals surface area contributed by atoms with Crippen molar-refractivity contribution in [3.63, 3.8) is 0 Å². The van der Waals surface area contributed by atoms with Gasteiger partial charge in [0.25, 0.3) is 5.91 Å². The summed E-state index contributed by atoms with van der Waals surface area (Å²) in [6.45, 7) is 0. The average molecular weight is 413 g/mol. The Bertz CT molecular complexity index is 1310. The van der Waals surface area contributed by atoms with Crippen LogP contribution in [0.15, 0.2) is 59.0 Å². The van der Waals surface area contributed by atoms with Crippen LogP contribution in [0.25, 0.3) is 22.4 Å². The molecule has 0 bridgehead atoms. The summed E-state index contributed by atoms with van der Waals surface area (Å²) in [5.41, 5.74) is 2.55. The molecule has 7 nitrogen and oxygen atoms in total. The van der Waals surface area contributed by atoms with Gasteiger partial charge in [0.2, 0.25) is 0 Å². The number of carbonyl (C=O) groups excluding carboxylic acids is 1. The maximum Gasteiger partial charge on any atom is 0.291 e. The highest BCUT2D eigenvalue weighted by Gasteiger charge is 2.14. The van der Waals surface area contributed by atoms with Crippen molar-refractivity contribution in [1.82, 2.24) is 9.97 Å². The number of benzene rings is 2. The quantitative estimate of drug-likeness (QED) is 0.518. The number of rotatable bonds is 5. The van der Waals surface area contributed by atoms with Crippen LogP contribution in [0.4, 0.5) is 10.1 Å². The molecule has 9 heteroatoms. The zero-order valence-electron chi connectivity index (χ0n) is 15.3. The first-order chi connectivity index (χ1) is 13.8. The molecule has 2 N–H and O–H groups in total. The van der Waals surface area contributed by atoms with Crippen LogP contribution >= 0.6 is 0 Å². The van der Waals surface area contributed by atoms with E-state index < -0.39 is 15.7 Å². The van der Waals surface area contributed by atoms with Crippen molar-refractivity contribution in [2.45, 2.75) is 5.75 Å². The average Bonchev–Trinajstić information content (AvgIpc) is 3.27. The van der Waals surface area contributed by atoms with Crippen molar-refractivity contribution in [1.29, 1.82) is 0 Å². The first-order valence-corrected chi connectivity index (χ1v) is 10.7. The van der Waals surface area contributed by atoms with Gasteiger partial charge in [0, 0.05) is 17.5 Å². The number of hydrogen-bond donors (Lipinski definition) is 2. The minimum absolute atomic E-state index is 0.0204. The molecule has 0 aliphatic carbocycles. The van der Waals surface area contributed by atoms with Gasteiger partial charge in [0.1, 0.15) is 23.2 Å². The maximum absolute atomic E-state index is 13.3. The second kappa shape index (κ2) is 7.17. The van der Waals surface area contributed by atoms with E-state index in [1.807, 2.05) is 0 Å². The number of H-pyrrole nitrogens is 1. The van der Waals surface area contributed by atoms with E-state index in [0.717, 1.165) is 11.8 Å². The summed E-state index contributed by atoms with van der Waals surface area (Å²) in [5, 5.41) is 2.68. The Balaban J connectivity index is 1.48. The SMILES string of the molecule is CS(=O)(=O)Cc1ccc(C(=O)Nc2ccc(-c3nc4ccc(F)cc4[nH]3)cc2)o1. The third kappa shape index (κ3) is 4.35. The summed E-state index contributed by atoms with van der Waals surface area (Å²) in [6.07, 6.45) is 1.09. The number of furan rings is 1. The number of imidazole rings is 1. The van der Waals surface area contributed by atoms with Crippen molar-refractivity contribution in [3.8, 4) is 11.4 Å². The molecule has 0 atom stereocenters. The molecular formula is C20H16FN3O4S. The molecule has 0 aliphatic heterocycles. The summed E-state index contributed by atoms with van der Waals surface area (Å²) >= 11 is 0. The molecule has 2 aromatic carbocycles. The maximum atomic E-state index is 13.3. The Labute approximate surface area is 165 Å². The van der Waals surface area contributed by atoms with Gasteiger partial charge in [-0.3, -0.25) is 4.79 Å². The standard InChI is InChI=1S/C20H16FN3O4S/c1-29(26,27)11-15-7-9-18(28-15)20(25)22-14-5-2-12(3-6-14)19-23-16-8-4-13(21)10-17(16)24-19/h2-10H,11H2,1H3,(H,22,25)(H,23,24). The molecule has 4 rings (SSSR count). The zero-order valence-corrected chi connectivity index (χ0v) is 16.1. The van der Waals surface area contributed by atoms with Gasteiger partial charge in [0.15, 0.2) is 15.6 Å². The van der Waals surface area contributed by atoms with Gasteiger partial charge in [-0.25, -0.2) is 17.8 Å². The monoisotopic (exact) mass is 413 g/mol. The number of nitrogens with one attached hydrogen (secondary N) is 2. The van der Waals surface area contributed by atoms with E-state index in [-0.39, 0.29) is 23.1 Å². The largest absolute Gasteiger partial charge is 0.455 e. The lowest BCUT2D eigenvalue weighted by Crippen LogP contribution is -2.10. The van der Waals surface area contributed by atoms with Gasteiger partial charge < -0.3 is 14.7 Å². The fourth-order valence-corrected chi connectivity index (χ4v) is 3.53. The van der Waals surface area contributed by atoms with Crippen molar-refractivity contribution in [2.24, 2.45) is 0 Å². The Morgan fingerprint density at radius 1 is 1.14 bits per heavy atom. The van der Waals surface area contributed by atoms with Crippen molar-refractivity contribution < 1.29 is 22.0 Å². The van der Waals surface area contributed by atoms with E-state index in [1.54, 1.807) is 30.3 Å². The number of anilines is 1. The van der Waals surface area contributed by atoms with Crippen molar-refractivity contribution >= 4 is 32.5 Å². The number of aromatic amines is 1. The highest BCUT2D eigenvalue weighted by atomic mass is 32.2. The third-order valence-corrected chi connectivity index (χ3v) is 4.96. The summed E-state index contributed by atoms with van der Waals surface area (Å²) in [7, 11) is -3.25. The Hall–Kier alpha value is -3.46. The lowest BCUT2D eigenvalue weighted by molar-refractivity contribution is 0.0995. The molecule has 29 heavy (non-hydrogen) atoms. The van der Waals surface area contributed by atoms with Gasteiger partial charge in [-0.15, -0.1) is 0 Å². The number of hydrogen-bond acceptors (Lipinski definition) is 5. The number of nitrogens with zero attached hydrogens (tertiary/aromatic N) is 1. The van der Waals surface area contributed by atoms with E-state index in [0.29, 0.717) is 22.5 Å². The molecule has 2 aromatic heterocycles. The predicted molar refractivity (Wildman–Crippen MR) is 107 cm³/mol. The van der Waals surface area contributed by atoms with Crippen LogP contribution in [-0.4, -0.2) is 30.5 Å². The first kappa shape index (κ1) is 18.9. The lowest BCUT2D eigenvalue weighted by atomic mass is 10.2. The van der Waals surface area contributed by atoms with Gasteiger partial charge in [0.05, 0.1) is 11.0 Å². The number of amides is 1. The normalized spacial score (nSPS) is 11.7. The molecule has 148 valence electrons.